The van der Waals surface area contributed by atoms with Crippen molar-refractivity contribution in [2.45, 2.75) is 4.84 Å². The van der Waals surface area contributed by atoms with Crippen LogP contribution in [0, 0.1) is 0 Å². The standard InChI is InChI=1S/C2H2Cl2O2.Pd/c3-1(4)2(5)6;/h1H,(H,5,6);. The average Bonchev–Trinajstić information content (AvgIpc) is 1.36. The summed E-state index contributed by atoms with van der Waals surface area (Å²) in [5.41, 5.74) is 0. The van der Waals surface area contributed by atoms with Crippen LogP contribution in [0.5, 0.6) is 0 Å². The van der Waals surface area contributed by atoms with Gasteiger partial charge >= 0.3 is 5.97 Å². The molecule has 2 nitrogen and oxygen atoms in total. The van der Waals surface area contributed by atoms with Crippen molar-refractivity contribution in [1.29, 1.82) is 0 Å². The molecule has 0 aromatic heterocycles. The molecule has 0 aromatic carbocycles. The zero-order valence-electron chi connectivity index (χ0n) is 3.00. The second-order valence-electron chi connectivity index (χ2n) is 0.639. The van der Waals surface area contributed by atoms with Crippen LogP contribution in [0.3, 0.4) is 0 Å². The fourth-order valence-electron chi connectivity index (χ4n) is 0. The van der Waals surface area contributed by atoms with Gasteiger partial charge in [0, 0.05) is 20.4 Å². The normalized spacial score (nSPS) is 7.86. The van der Waals surface area contributed by atoms with Crippen LogP contribution in [0.2, 0.25) is 0 Å². The van der Waals surface area contributed by atoms with Crippen molar-refractivity contribution in [2.75, 3.05) is 0 Å². The molecule has 0 radical (unpaired) electrons. The number of hydrogen-bond acceptors (Lipinski definition) is 1. The van der Waals surface area contributed by atoms with Crippen molar-refractivity contribution in [3.63, 3.8) is 0 Å². The Morgan fingerprint density at radius 1 is 1.57 bits per heavy atom. The van der Waals surface area contributed by atoms with E-state index in [1.165, 1.54) is 0 Å². The first-order valence-electron chi connectivity index (χ1n) is 1.15. The van der Waals surface area contributed by atoms with Crippen molar-refractivity contribution in [3.8, 4) is 0 Å². The summed E-state index contributed by atoms with van der Waals surface area (Å²) >= 11 is 9.56. The first-order chi connectivity index (χ1) is 2.64. The fourth-order valence-corrected chi connectivity index (χ4v) is 0. The Kier molecular flexibility index (Phi) is 7.40. The van der Waals surface area contributed by atoms with Crippen LogP contribution in [-0.2, 0) is 25.2 Å². The minimum Gasteiger partial charge on any atom is -0.479 e. The van der Waals surface area contributed by atoms with E-state index in [4.69, 9.17) is 28.3 Å². The molecule has 0 spiro atoms. The third kappa shape index (κ3) is 6.71. The van der Waals surface area contributed by atoms with Gasteiger partial charge in [-0.3, -0.25) is 0 Å². The zero-order chi connectivity index (χ0) is 5.15. The van der Waals surface area contributed by atoms with Crippen LogP contribution in [0.25, 0.3) is 0 Å². The van der Waals surface area contributed by atoms with Gasteiger partial charge in [-0.15, -0.1) is 0 Å². The Morgan fingerprint density at radius 2 is 1.71 bits per heavy atom. The Labute approximate surface area is 64.4 Å². The number of carboxylic acid groups (broad SMARTS) is 1. The van der Waals surface area contributed by atoms with Crippen LogP contribution in [0.1, 0.15) is 0 Å². The van der Waals surface area contributed by atoms with Crippen LogP contribution in [-0.4, -0.2) is 15.9 Å². The van der Waals surface area contributed by atoms with Gasteiger partial charge in [0.2, 0.25) is 4.84 Å². The molecule has 1 N–H and O–H groups in total. The SMILES string of the molecule is O=C(O)C(Cl)Cl.[Pd]. The van der Waals surface area contributed by atoms with E-state index < -0.39 is 10.8 Å². The Bertz CT molecular complexity index is 64.7. The summed E-state index contributed by atoms with van der Waals surface area (Å²) in [7, 11) is 0. The maximum absolute atomic E-state index is 9.44. The minimum atomic E-state index is -1.29. The smallest absolute Gasteiger partial charge is 0.337 e. The predicted molar refractivity (Wildman–Crippen MR) is 23.1 cm³/mol. The second-order valence-corrected chi connectivity index (χ2v) is 1.74. The molecule has 0 rings (SSSR count). The van der Waals surface area contributed by atoms with E-state index in [2.05, 4.69) is 0 Å². The molecule has 7 heavy (non-hydrogen) atoms. The number of hydrogen-bond donors (Lipinski definition) is 1. The van der Waals surface area contributed by atoms with Crippen LogP contribution in [0.15, 0.2) is 0 Å². The van der Waals surface area contributed by atoms with Gasteiger partial charge < -0.3 is 5.11 Å². The molecule has 0 aliphatic heterocycles. The molecule has 0 saturated heterocycles. The van der Waals surface area contributed by atoms with E-state index in [1.807, 2.05) is 0 Å². The van der Waals surface area contributed by atoms with E-state index in [0.717, 1.165) is 0 Å². The third-order valence-electron chi connectivity index (χ3n) is 0.187. The Morgan fingerprint density at radius 3 is 1.71 bits per heavy atom. The summed E-state index contributed by atoms with van der Waals surface area (Å²) in [6.07, 6.45) is 0. The van der Waals surface area contributed by atoms with Crippen molar-refractivity contribution in [2.24, 2.45) is 0 Å². The number of halogens is 2. The molecule has 0 aliphatic rings. The fraction of sp³-hybridized carbons (Fsp3) is 0.500. The van der Waals surface area contributed by atoms with Gasteiger partial charge in [-0.1, -0.05) is 23.2 Å². The molecule has 0 saturated carbocycles. The second kappa shape index (κ2) is 4.86. The number of carbonyl (C=O) groups is 1. The molecule has 0 atom stereocenters. The number of carboxylic acids is 1. The molecule has 0 fully saturated rings. The first kappa shape index (κ1) is 10.6. The summed E-state index contributed by atoms with van der Waals surface area (Å²) in [5, 5.41) is 7.73. The predicted octanol–water partition coefficient (Wildman–Crippen LogP) is 0.872. The number of rotatable bonds is 1. The van der Waals surface area contributed by atoms with Gasteiger partial charge in [-0.2, -0.15) is 0 Å². The van der Waals surface area contributed by atoms with Gasteiger partial charge in [0.1, 0.15) is 0 Å². The van der Waals surface area contributed by atoms with Crippen LogP contribution in [0.4, 0.5) is 0 Å². The van der Waals surface area contributed by atoms with Gasteiger partial charge in [0.05, 0.1) is 0 Å². The quantitative estimate of drug-likeness (QED) is 0.541. The van der Waals surface area contributed by atoms with Gasteiger partial charge in [0.15, 0.2) is 0 Å². The Balaban J connectivity index is 0. The molecule has 0 amide bonds. The van der Waals surface area contributed by atoms with E-state index >= 15 is 0 Å². The maximum Gasteiger partial charge on any atom is 0.337 e. The summed E-state index contributed by atoms with van der Waals surface area (Å²) in [4.78, 5) is 8.15. The molecule has 0 heterocycles. The average molecular weight is 235 g/mol. The molecule has 0 unspecified atom stereocenters. The van der Waals surface area contributed by atoms with Gasteiger partial charge in [-0.05, 0) is 0 Å². The largest absolute Gasteiger partial charge is 0.479 e. The molecule has 46 valence electrons. The van der Waals surface area contributed by atoms with Crippen molar-refractivity contribution in [3.05, 3.63) is 0 Å². The summed E-state index contributed by atoms with van der Waals surface area (Å²) < 4.78 is 0. The Hall–Kier alpha value is 0.712. The number of aliphatic carboxylic acids is 1. The first-order valence-corrected chi connectivity index (χ1v) is 2.03. The molecule has 5 heteroatoms. The van der Waals surface area contributed by atoms with Crippen LogP contribution >= 0.6 is 23.2 Å². The minimum absolute atomic E-state index is 0. The summed E-state index contributed by atoms with van der Waals surface area (Å²) in [6, 6.07) is 0. The zero-order valence-corrected chi connectivity index (χ0v) is 6.07. The van der Waals surface area contributed by atoms with E-state index in [0.29, 0.717) is 0 Å². The topological polar surface area (TPSA) is 37.3 Å². The van der Waals surface area contributed by atoms with E-state index in [1.54, 1.807) is 0 Å². The van der Waals surface area contributed by atoms with Crippen molar-refractivity contribution < 1.29 is 30.3 Å². The molecular formula is C2H2Cl2O2Pd. The van der Waals surface area contributed by atoms with Crippen LogP contribution < -0.4 is 0 Å². The van der Waals surface area contributed by atoms with Gasteiger partial charge in [0.25, 0.3) is 0 Å². The van der Waals surface area contributed by atoms with Crippen molar-refractivity contribution >= 4 is 29.2 Å². The van der Waals surface area contributed by atoms with E-state index in [-0.39, 0.29) is 20.4 Å². The summed E-state index contributed by atoms with van der Waals surface area (Å²) in [5.74, 6) is -1.21. The van der Waals surface area contributed by atoms with Crippen molar-refractivity contribution in [1.82, 2.24) is 0 Å². The third-order valence-corrected chi connectivity index (χ3v) is 0.560. The molecule has 0 bridgehead atoms. The van der Waals surface area contributed by atoms with E-state index in [9.17, 15) is 4.79 Å². The molecule has 0 aromatic rings. The monoisotopic (exact) mass is 234 g/mol. The molecule has 0 aliphatic carbocycles. The maximum atomic E-state index is 9.44. The summed E-state index contributed by atoms with van der Waals surface area (Å²) in [6.45, 7) is 0. The molecular weight excluding hydrogens is 233 g/mol. The number of alkyl halides is 2. The van der Waals surface area contributed by atoms with Gasteiger partial charge in [-0.25, -0.2) is 4.79 Å².